The number of hydrogen-bond acceptors (Lipinski definition) is 2. The van der Waals surface area contributed by atoms with Gasteiger partial charge >= 0.3 is 5.97 Å². The van der Waals surface area contributed by atoms with E-state index < -0.39 is 5.97 Å². The fourth-order valence-electron chi connectivity index (χ4n) is 3.53. The van der Waals surface area contributed by atoms with Crippen LogP contribution in [0.15, 0.2) is 35.9 Å². The zero-order valence-electron chi connectivity index (χ0n) is 18.7. The first-order valence-corrected chi connectivity index (χ1v) is 10.3. The first-order valence-electron chi connectivity index (χ1n) is 10.3. The Labute approximate surface area is 170 Å². The number of carboxylic acid groups (broad SMARTS) is 1. The van der Waals surface area contributed by atoms with Crippen LogP contribution in [0.25, 0.3) is 0 Å². The second-order valence-electron chi connectivity index (χ2n) is 9.97. The maximum absolute atomic E-state index is 10.8. The fraction of sp³-hybridized carbons (Fsp3) is 0.560. The van der Waals surface area contributed by atoms with Crippen molar-refractivity contribution in [1.29, 1.82) is 0 Å². The van der Waals surface area contributed by atoms with Crippen LogP contribution in [0.5, 0.6) is 5.75 Å². The predicted octanol–water partition coefficient (Wildman–Crippen LogP) is 6.37. The molecule has 1 N–H and O–H groups in total. The van der Waals surface area contributed by atoms with Gasteiger partial charge in [-0.25, -0.2) is 4.79 Å². The van der Waals surface area contributed by atoms with Crippen LogP contribution in [-0.4, -0.2) is 17.7 Å². The summed E-state index contributed by atoms with van der Waals surface area (Å²) < 4.78 is 6.18. The van der Waals surface area contributed by atoms with Gasteiger partial charge < -0.3 is 9.84 Å². The van der Waals surface area contributed by atoms with Gasteiger partial charge in [-0.15, -0.1) is 0 Å². The molecule has 28 heavy (non-hydrogen) atoms. The Morgan fingerprint density at radius 3 is 2.32 bits per heavy atom. The van der Waals surface area contributed by atoms with Crippen LogP contribution in [0.4, 0.5) is 0 Å². The maximum Gasteiger partial charge on any atom is 0.328 e. The number of ether oxygens (including phenoxy) is 1. The second-order valence-corrected chi connectivity index (χ2v) is 9.97. The quantitative estimate of drug-likeness (QED) is 0.458. The molecule has 1 aromatic carbocycles. The van der Waals surface area contributed by atoms with Gasteiger partial charge in [0.05, 0.1) is 6.61 Å². The van der Waals surface area contributed by atoms with Gasteiger partial charge in [0.25, 0.3) is 0 Å². The zero-order chi connectivity index (χ0) is 21.3. The highest BCUT2D eigenvalue weighted by molar-refractivity contribution is 5.81. The van der Waals surface area contributed by atoms with Crippen molar-refractivity contribution in [2.24, 2.45) is 5.92 Å². The third-order valence-electron chi connectivity index (χ3n) is 5.28. The molecule has 0 amide bonds. The molecule has 2 rings (SSSR count). The van der Waals surface area contributed by atoms with Gasteiger partial charge in [-0.3, -0.25) is 0 Å². The molecule has 1 aromatic rings. The minimum Gasteiger partial charge on any atom is -0.493 e. The van der Waals surface area contributed by atoms with E-state index in [2.05, 4.69) is 59.8 Å². The number of carbonyl (C=O) groups is 1. The van der Waals surface area contributed by atoms with Crippen molar-refractivity contribution >= 4 is 5.97 Å². The minimum absolute atomic E-state index is 0.00154. The van der Waals surface area contributed by atoms with Crippen molar-refractivity contribution < 1.29 is 14.6 Å². The molecule has 0 spiro atoms. The number of benzene rings is 1. The summed E-state index contributed by atoms with van der Waals surface area (Å²) in [4.78, 5) is 10.8. The van der Waals surface area contributed by atoms with Crippen molar-refractivity contribution in [3.63, 3.8) is 0 Å². The van der Waals surface area contributed by atoms with Crippen molar-refractivity contribution in [2.45, 2.75) is 78.6 Å². The van der Waals surface area contributed by atoms with Crippen LogP contribution in [0.1, 0.15) is 84.4 Å². The summed E-state index contributed by atoms with van der Waals surface area (Å²) >= 11 is 0. The van der Waals surface area contributed by atoms with Gasteiger partial charge in [0.2, 0.25) is 0 Å². The molecule has 0 aliphatic heterocycles. The molecule has 1 aliphatic carbocycles. The van der Waals surface area contributed by atoms with Crippen LogP contribution in [-0.2, 0) is 15.6 Å². The first-order chi connectivity index (χ1) is 12.8. The summed E-state index contributed by atoms with van der Waals surface area (Å²) in [7, 11) is 0. The van der Waals surface area contributed by atoms with E-state index >= 15 is 0 Å². The molecule has 0 radical (unpaired) electrons. The Hall–Kier alpha value is -2.03. The molecule has 3 nitrogen and oxygen atoms in total. The molecule has 2 atom stereocenters. The summed E-state index contributed by atoms with van der Waals surface area (Å²) in [5.74, 6) is 1.00. The molecule has 0 saturated heterocycles. The van der Waals surface area contributed by atoms with E-state index in [1.165, 1.54) is 22.8 Å². The third kappa shape index (κ3) is 5.50. The molecule has 0 heterocycles. The van der Waals surface area contributed by atoms with E-state index in [-0.39, 0.29) is 10.8 Å². The van der Waals surface area contributed by atoms with E-state index in [1.54, 1.807) is 0 Å². The molecule has 154 valence electrons. The van der Waals surface area contributed by atoms with Crippen LogP contribution < -0.4 is 4.74 Å². The molecule has 0 bridgehead atoms. The van der Waals surface area contributed by atoms with Gasteiger partial charge in [-0.05, 0) is 59.6 Å². The fourth-order valence-corrected chi connectivity index (χ4v) is 3.53. The van der Waals surface area contributed by atoms with Crippen molar-refractivity contribution in [3.8, 4) is 5.75 Å². The summed E-state index contributed by atoms with van der Waals surface area (Å²) in [5.41, 5.74) is 4.75. The number of aliphatic carboxylic acids is 1. The minimum atomic E-state index is -0.902. The lowest BCUT2D eigenvalue weighted by Crippen LogP contribution is -2.19. The number of hydrogen-bond donors (Lipinski definition) is 1. The topological polar surface area (TPSA) is 46.5 Å². The van der Waals surface area contributed by atoms with E-state index in [9.17, 15) is 4.79 Å². The van der Waals surface area contributed by atoms with E-state index in [1.807, 2.05) is 19.9 Å². The SMILES string of the molecule is CCOc1c([C@@H]2C[C@@H]2C=CC(C)=CC(=O)O)cc(C(C)(C)C)cc1C(C)(C)C. The summed E-state index contributed by atoms with van der Waals surface area (Å²) in [5, 5.41) is 8.88. The van der Waals surface area contributed by atoms with Gasteiger partial charge in [0, 0.05) is 11.6 Å². The molecule has 0 aromatic heterocycles. The van der Waals surface area contributed by atoms with E-state index in [0.717, 1.165) is 17.7 Å². The summed E-state index contributed by atoms with van der Waals surface area (Å²) in [6, 6.07) is 4.65. The lowest BCUT2D eigenvalue weighted by atomic mass is 9.78. The highest BCUT2D eigenvalue weighted by Crippen LogP contribution is 2.54. The normalized spacial score (nSPS) is 20.5. The molecule has 1 saturated carbocycles. The van der Waals surface area contributed by atoms with Crippen LogP contribution in [0.3, 0.4) is 0 Å². The summed E-state index contributed by atoms with van der Waals surface area (Å²) in [6.07, 6.45) is 6.40. The highest BCUT2D eigenvalue weighted by atomic mass is 16.5. The van der Waals surface area contributed by atoms with Crippen LogP contribution in [0, 0.1) is 5.92 Å². The van der Waals surface area contributed by atoms with Crippen LogP contribution >= 0.6 is 0 Å². The smallest absolute Gasteiger partial charge is 0.328 e. The summed E-state index contributed by atoms with van der Waals surface area (Å²) in [6.45, 7) is 18.0. The molecular formula is C25H36O3. The van der Waals surface area contributed by atoms with Gasteiger partial charge in [-0.1, -0.05) is 65.8 Å². The van der Waals surface area contributed by atoms with Gasteiger partial charge in [-0.2, -0.15) is 0 Å². The first kappa shape index (κ1) is 22.3. The Kier molecular flexibility index (Phi) is 6.48. The molecule has 1 aliphatic rings. The molecular weight excluding hydrogens is 348 g/mol. The maximum atomic E-state index is 10.8. The molecule has 3 heteroatoms. The largest absolute Gasteiger partial charge is 0.493 e. The van der Waals surface area contributed by atoms with Crippen molar-refractivity contribution in [3.05, 3.63) is 52.6 Å². The average molecular weight is 385 g/mol. The van der Waals surface area contributed by atoms with Crippen molar-refractivity contribution in [1.82, 2.24) is 0 Å². The Morgan fingerprint density at radius 1 is 1.18 bits per heavy atom. The Bertz CT molecular complexity index is 785. The van der Waals surface area contributed by atoms with E-state index in [4.69, 9.17) is 9.84 Å². The standard InChI is InChI=1S/C25H36O3/c1-9-28-23-20(19-13-17(19)11-10-16(2)12-22(26)27)14-18(24(3,4)5)15-21(23)25(6,7)8/h10-12,14-15,17,19H,9,13H2,1-8H3,(H,26,27)/t17-,19+/m0/s1. The lowest BCUT2D eigenvalue weighted by molar-refractivity contribution is -0.131. The predicted molar refractivity (Wildman–Crippen MR) is 116 cm³/mol. The Balaban J connectivity index is 2.46. The monoisotopic (exact) mass is 384 g/mol. The molecule has 1 fully saturated rings. The number of carboxylic acids is 1. The number of rotatable bonds is 6. The van der Waals surface area contributed by atoms with Crippen LogP contribution in [0.2, 0.25) is 0 Å². The highest BCUT2D eigenvalue weighted by Gasteiger charge is 2.40. The second kappa shape index (κ2) is 8.14. The van der Waals surface area contributed by atoms with Crippen molar-refractivity contribution in [2.75, 3.05) is 6.61 Å². The number of allylic oxidation sites excluding steroid dienone is 3. The van der Waals surface area contributed by atoms with Gasteiger partial charge in [0.15, 0.2) is 0 Å². The zero-order valence-corrected chi connectivity index (χ0v) is 18.7. The lowest BCUT2D eigenvalue weighted by Gasteiger charge is -2.29. The average Bonchev–Trinajstić information content (AvgIpc) is 3.30. The third-order valence-corrected chi connectivity index (χ3v) is 5.28. The Morgan fingerprint density at radius 2 is 1.82 bits per heavy atom. The van der Waals surface area contributed by atoms with Gasteiger partial charge in [0.1, 0.15) is 5.75 Å². The van der Waals surface area contributed by atoms with E-state index in [0.29, 0.717) is 18.4 Å². The molecule has 0 unspecified atom stereocenters.